The summed E-state index contributed by atoms with van der Waals surface area (Å²) in [6.07, 6.45) is 5.06. The second kappa shape index (κ2) is 5.70. The van der Waals surface area contributed by atoms with Crippen LogP contribution in [-0.2, 0) is 0 Å². The zero-order valence-electron chi connectivity index (χ0n) is 11.3. The van der Waals surface area contributed by atoms with Gasteiger partial charge in [0, 0.05) is 6.54 Å². The van der Waals surface area contributed by atoms with Gasteiger partial charge in [0.05, 0.1) is 11.1 Å². The number of carbonyl (C=O) groups excluding carboxylic acids is 1. The largest absolute Gasteiger partial charge is 0.345 e. The third-order valence-corrected chi connectivity index (χ3v) is 3.95. The van der Waals surface area contributed by atoms with Gasteiger partial charge in [-0.05, 0) is 37.5 Å². The highest BCUT2D eigenvalue weighted by Gasteiger charge is 2.32. The molecule has 0 unspecified atom stereocenters. The van der Waals surface area contributed by atoms with Crippen LogP contribution in [0.25, 0.3) is 0 Å². The molecule has 0 aliphatic heterocycles. The van der Waals surface area contributed by atoms with Crippen molar-refractivity contribution in [2.75, 3.05) is 6.54 Å². The first-order valence-electron chi connectivity index (χ1n) is 6.85. The lowest BCUT2D eigenvalue weighted by molar-refractivity contribution is 0.0870. The van der Waals surface area contributed by atoms with Crippen LogP contribution in [0.3, 0.4) is 0 Å². The zero-order valence-corrected chi connectivity index (χ0v) is 11.3. The van der Waals surface area contributed by atoms with E-state index in [1.54, 1.807) is 13.0 Å². The van der Waals surface area contributed by atoms with Gasteiger partial charge in [-0.25, -0.2) is 4.39 Å². The predicted molar refractivity (Wildman–Crippen MR) is 73.5 cm³/mol. The van der Waals surface area contributed by atoms with Crippen molar-refractivity contribution in [2.24, 2.45) is 5.73 Å². The van der Waals surface area contributed by atoms with E-state index in [2.05, 4.69) is 5.32 Å². The smallest absolute Gasteiger partial charge is 0.254 e. The van der Waals surface area contributed by atoms with E-state index in [4.69, 9.17) is 5.73 Å². The summed E-state index contributed by atoms with van der Waals surface area (Å²) in [5, 5.41) is 2.95. The van der Waals surface area contributed by atoms with Gasteiger partial charge in [0.1, 0.15) is 5.82 Å². The quantitative estimate of drug-likeness (QED) is 0.881. The molecular weight excluding hydrogens is 243 g/mol. The Kier molecular flexibility index (Phi) is 4.20. The minimum absolute atomic E-state index is 0.101. The Bertz CT molecular complexity index is 467. The normalized spacial score (nSPS) is 18.1. The Balaban J connectivity index is 2.15. The molecule has 104 valence electrons. The third kappa shape index (κ3) is 3.13. The molecule has 1 aromatic rings. The fourth-order valence-electron chi connectivity index (χ4n) is 2.72. The van der Waals surface area contributed by atoms with Gasteiger partial charge in [-0.1, -0.05) is 25.3 Å². The summed E-state index contributed by atoms with van der Waals surface area (Å²) in [5.41, 5.74) is 6.37. The zero-order chi connectivity index (χ0) is 13.9. The molecule has 0 spiro atoms. The summed E-state index contributed by atoms with van der Waals surface area (Å²) in [6, 6.07) is 4.66. The number of hydrogen-bond acceptors (Lipinski definition) is 2. The first-order chi connectivity index (χ1) is 9.06. The van der Waals surface area contributed by atoms with Crippen LogP contribution in [0.4, 0.5) is 4.39 Å². The van der Waals surface area contributed by atoms with Crippen LogP contribution in [0.2, 0.25) is 0 Å². The van der Waals surface area contributed by atoms with Crippen LogP contribution in [0.15, 0.2) is 18.2 Å². The number of benzene rings is 1. The average molecular weight is 264 g/mol. The van der Waals surface area contributed by atoms with Crippen molar-refractivity contribution in [2.45, 2.75) is 44.6 Å². The number of carbonyl (C=O) groups is 1. The first-order valence-corrected chi connectivity index (χ1v) is 6.85. The number of nitrogens with two attached hydrogens (primary N) is 1. The van der Waals surface area contributed by atoms with Crippen molar-refractivity contribution in [3.8, 4) is 0 Å². The molecule has 0 radical (unpaired) electrons. The molecule has 19 heavy (non-hydrogen) atoms. The van der Waals surface area contributed by atoms with Crippen LogP contribution in [0.1, 0.15) is 48.0 Å². The fourth-order valence-corrected chi connectivity index (χ4v) is 2.72. The Hall–Kier alpha value is -1.42. The van der Waals surface area contributed by atoms with Gasteiger partial charge < -0.3 is 11.1 Å². The monoisotopic (exact) mass is 264 g/mol. The van der Waals surface area contributed by atoms with Gasteiger partial charge >= 0.3 is 0 Å². The van der Waals surface area contributed by atoms with Crippen molar-refractivity contribution in [1.29, 1.82) is 0 Å². The molecule has 3 N–H and O–H groups in total. The number of nitrogens with one attached hydrogen (secondary N) is 1. The molecule has 1 aliphatic carbocycles. The second-order valence-electron chi connectivity index (χ2n) is 5.48. The molecule has 1 aliphatic rings. The maximum absolute atomic E-state index is 13.8. The lowest BCUT2D eigenvalue weighted by Gasteiger charge is -2.37. The summed E-state index contributed by atoms with van der Waals surface area (Å²) in [7, 11) is 0. The minimum atomic E-state index is -0.472. The number of halogens is 1. The number of amides is 1. The highest BCUT2D eigenvalue weighted by Crippen LogP contribution is 2.27. The van der Waals surface area contributed by atoms with E-state index in [0.29, 0.717) is 6.54 Å². The molecule has 3 nitrogen and oxygen atoms in total. The highest BCUT2D eigenvalue weighted by molar-refractivity contribution is 5.95. The van der Waals surface area contributed by atoms with E-state index in [-0.39, 0.29) is 17.0 Å². The van der Waals surface area contributed by atoms with Crippen molar-refractivity contribution in [3.63, 3.8) is 0 Å². The fraction of sp³-hybridized carbons (Fsp3) is 0.533. The SMILES string of the molecule is Cc1ccc(C(=O)NC2(CN)CCCCC2)c(F)c1. The Morgan fingerprint density at radius 2 is 2.05 bits per heavy atom. The molecule has 1 fully saturated rings. The van der Waals surface area contributed by atoms with Crippen molar-refractivity contribution < 1.29 is 9.18 Å². The third-order valence-electron chi connectivity index (χ3n) is 3.95. The number of rotatable bonds is 3. The molecule has 1 aromatic carbocycles. The van der Waals surface area contributed by atoms with Gasteiger partial charge in [-0.2, -0.15) is 0 Å². The molecule has 2 rings (SSSR count). The second-order valence-corrected chi connectivity index (χ2v) is 5.48. The molecule has 0 saturated heterocycles. The van der Waals surface area contributed by atoms with E-state index < -0.39 is 5.82 Å². The van der Waals surface area contributed by atoms with E-state index in [1.807, 2.05) is 0 Å². The summed E-state index contributed by atoms with van der Waals surface area (Å²) in [6.45, 7) is 2.21. The Morgan fingerprint density at radius 1 is 1.37 bits per heavy atom. The molecule has 0 aromatic heterocycles. The summed E-state index contributed by atoms with van der Waals surface area (Å²) >= 11 is 0. The average Bonchev–Trinajstić information content (AvgIpc) is 2.39. The van der Waals surface area contributed by atoms with Gasteiger partial charge in [-0.15, -0.1) is 0 Å². The highest BCUT2D eigenvalue weighted by atomic mass is 19.1. The lowest BCUT2D eigenvalue weighted by atomic mass is 9.81. The van der Waals surface area contributed by atoms with E-state index in [9.17, 15) is 9.18 Å². The first kappa shape index (κ1) is 14.0. The Labute approximate surface area is 113 Å². The number of hydrogen-bond donors (Lipinski definition) is 2. The molecule has 1 amide bonds. The van der Waals surface area contributed by atoms with Gasteiger partial charge in [0.25, 0.3) is 5.91 Å². The lowest BCUT2D eigenvalue weighted by Crippen LogP contribution is -2.54. The predicted octanol–water partition coefficient (Wildman–Crippen LogP) is 2.53. The summed E-state index contributed by atoms with van der Waals surface area (Å²) in [4.78, 5) is 12.2. The van der Waals surface area contributed by atoms with Gasteiger partial charge in [0.15, 0.2) is 0 Å². The van der Waals surface area contributed by atoms with Crippen molar-refractivity contribution >= 4 is 5.91 Å². The molecule has 1 saturated carbocycles. The maximum Gasteiger partial charge on any atom is 0.254 e. The maximum atomic E-state index is 13.8. The summed E-state index contributed by atoms with van der Waals surface area (Å²) in [5.74, 6) is -0.828. The summed E-state index contributed by atoms with van der Waals surface area (Å²) < 4.78 is 13.8. The Morgan fingerprint density at radius 3 is 2.63 bits per heavy atom. The standard InChI is InChI=1S/C15H21FN2O/c1-11-5-6-12(13(16)9-11)14(19)18-15(10-17)7-3-2-4-8-15/h5-6,9H,2-4,7-8,10,17H2,1H3,(H,18,19). The topological polar surface area (TPSA) is 55.1 Å². The van der Waals surface area contributed by atoms with Crippen LogP contribution < -0.4 is 11.1 Å². The van der Waals surface area contributed by atoms with E-state index in [0.717, 1.165) is 31.2 Å². The van der Waals surface area contributed by atoms with Gasteiger partial charge in [0.2, 0.25) is 0 Å². The van der Waals surface area contributed by atoms with Crippen molar-refractivity contribution in [3.05, 3.63) is 35.1 Å². The molecular formula is C15H21FN2O. The minimum Gasteiger partial charge on any atom is -0.345 e. The van der Waals surface area contributed by atoms with E-state index >= 15 is 0 Å². The van der Waals surface area contributed by atoms with Crippen LogP contribution in [0.5, 0.6) is 0 Å². The number of aryl methyl sites for hydroxylation is 1. The van der Waals surface area contributed by atoms with Crippen LogP contribution >= 0.6 is 0 Å². The molecule has 0 heterocycles. The molecule has 4 heteroatoms. The van der Waals surface area contributed by atoms with E-state index in [1.165, 1.54) is 18.6 Å². The van der Waals surface area contributed by atoms with Crippen molar-refractivity contribution in [1.82, 2.24) is 5.32 Å². The van der Waals surface area contributed by atoms with Crippen LogP contribution in [0, 0.1) is 12.7 Å². The van der Waals surface area contributed by atoms with Gasteiger partial charge in [-0.3, -0.25) is 4.79 Å². The van der Waals surface area contributed by atoms with Crippen LogP contribution in [-0.4, -0.2) is 18.0 Å². The molecule has 0 atom stereocenters. The molecule has 0 bridgehead atoms.